The molecule has 1 N–H and O–H groups in total. The average molecular weight is 195 g/mol. The molecule has 1 aliphatic rings. The molecule has 80 valence electrons. The van der Waals surface area contributed by atoms with Gasteiger partial charge in [0.1, 0.15) is 0 Å². The first-order valence-electron chi connectivity index (χ1n) is 5.41. The Kier molecular flexibility index (Phi) is 3.35. The fourth-order valence-corrected chi connectivity index (χ4v) is 1.49. The van der Waals surface area contributed by atoms with Crippen molar-refractivity contribution in [1.82, 2.24) is 5.32 Å². The SMILES string of the molecule is CC(C)C(=O)NC1=CCC(C)(C)CC1. The van der Waals surface area contributed by atoms with Gasteiger partial charge >= 0.3 is 0 Å². The van der Waals surface area contributed by atoms with E-state index in [0.29, 0.717) is 5.41 Å². The number of rotatable bonds is 2. The fourth-order valence-electron chi connectivity index (χ4n) is 1.49. The van der Waals surface area contributed by atoms with Gasteiger partial charge in [-0.2, -0.15) is 0 Å². The van der Waals surface area contributed by atoms with Crippen LogP contribution in [0, 0.1) is 11.3 Å². The van der Waals surface area contributed by atoms with E-state index < -0.39 is 0 Å². The lowest BCUT2D eigenvalue weighted by molar-refractivity contribution is -0.123. The summed E-state index contributed by atoms with van der Waals surface area (Å²) in [5, 5.41) is 2.98. The molecule has 0 saturated heterocycles. The highest BCUT2D eigenvalue weighted by Crippen LogP contribution is 2.33. The van der Waals surface area contributed by atoms with Gasteiger partial charge in [-0.3, -0.25) is 4.79 Å². The van der Waals surface area contributed by atoms with Crippen LogP contribution in [0.5, 0.6) is 0 Å². The highest BCUT2D eigenvalue weighted by molar-refractivity contribution is 5.79. The Morgan fingerprint density at radius 2 is 2.14 bits per heavy atom. The average Bonchev–Trinajstić information content (AvgIpc) is 2.08. The summed E-state index contributed by atoms with van der Waals surface area (Å²) in [7, 11) is 0. The number of hydrogen-bond acceptors (Lipinski definition) is 1. The maximum absolute atomic E-state index is 11.4. The minimum atomic E-state index is 0.0748. The molecular formula is C12H21NO. The zero-order valence-electron chi connectivity index (χ0n) is 9.68. The summed E-state index contributed by atoms with van der Waals surface area (Å²) in [6.07, 6.45) is 5.41. The van der Waals surface area contributed by atoms with Crippen LogP contribution in [-0.4, -0.2) is 5.91 Å². The number of amides is 1. The quantitative estimate of drug-likeness (QED) is 0.721. The first-order chi connectivity index (χ1) is 6.41. The van der Waals surface area contributed by atoms with Gasteiger partial charge in [0.25, 0.3) is 0 Å². The Balaban J connectivity index is 2.49. The van der Waals surface area contributed by atoms with Crippen LogP contribution in [0.4, 0.5) is 0 Å². The molecule has 2 nitrogen and oxygen atoms in total. The van der Waals surface area contributed by atoms with Gasteiger partial charge in [-0.15, -0.1) is 0 Å². The molecule has 0 atom stereocenters. The van der Waals surface area contributed by atoms with Crippen LogP contribution in [0.25, 0.3) is 0 Å². The summed E-state index contributed by atoms with van der Waals surface area (Å²) >= 11 is 0. The van der Waals surface area contributed by atoms with E-state index >= 15 is 0 Å². The van der Waals surface area contributed by atoms with E-state index in [1.807, 2.05) is 13.8 Å². The molecule has 0 aromatic carbocycles. The highest BCUT2D eigenvalue weighted by Gasteiger charge is 2.22. The first kappa shape index (κ1) is 11.3. The largest absolute Gasteiger partial charge is 0.330 e. The van der Waals surface area contributed by atoms with E-state index in [2.05, 4.69) is 25.2 Å². The predicted molar refractivity (Wildman–Crippen MR) is 58.7 cm³/mol. The molecule has 1 aliphatic carbocycles. The monoisotopic (exact) mass is 195 g/mol. The van der Waals surface area contributed by atoms with Gasteiger partial charge in [0, 0.05) is 11.6 Å². The molecule has 0 saturated carbocycles. The van der Waals surface area contributed by atoms with Gasteiger partial charge in [-0.25, -0.2) is 0 Å². The molecule has 0 aromatic rings. The molecule has 0 aromatic heterocycles. The number of nitrogens with one attached hydrogen (secondary N) is 1. The zero-order valence-corrected chi connectivity index (χ0v) is 9.68. The van der Waals surface area contributed by atoms with Crippen LogP contribution in [0.2, 0.25) is 0 Å². The smallest absolute Gasteiger partial charge is 0.226 e. The van der Waals surface area contributed by atoms with Crippen molar-refractivity contribution < 1.29 is 4.79 Å². The fraction of sp³-hybridized carbons (Fsp3) is 0.750. The van der Waals surface area contributed by atoms with Gasteiger partial charge in [-0.05, 0) is 24.7 Å². The lowest BCUT2D eigenvalue weighted by Gasteiger charge is -2.28. The summed E-state index contributed by atoms with van der Waals surface area (Å²) in [5.74, 6) is 0.210. The van der Waals surface area contributed by atoms with E-state index in [9.17, 15) is 4.79 Å². The second-order valence-electron chi connectivity index (χ2n) is 5.24. The van der Waals surface area contributed by atoms with Crippen molar-refractivity contribution in [2.45, 2.75) is 47.0 Å². The van der Waals surface area contributed by atoms with E-state index in [1.165, 1.54) is 0 Å². The summed E-state index contributed by atoms with van der Waals surface area (Å²) in [6.45, 7) is 8.38. The second kappa shape index (κ2) is 4.16. The molecule has 0 fully saturated rings. The topological polar surface area (TPSA) is 29.1 Å². The molecule has 14 heavy (non-hydrogen) atoms. The Morgan fingerprint density at radius 1 is 1.50 bits per heavy atom. The molecule has 0 bridgehead atoms. The maximum atomic E-state index is 11.4. The molecule has 1 rings (SSSR count). The molecule has 0 radical (unpaired) electrons. The van der Waals surface area contributed by atoms with Gasteiger partial charge in [0.05, 0.1) is 0 Å². The highest BCUT2D eigenvalue weighted by atomic mass is 16.1. The summed E-state index contributed by atoms with van der Waals surface area (Å²) in [5.41, 5.74) is 1.52. The number of carbonyl (C=O) groups excluding carboxylic acids is 1. The Morgan fingerprint density at radius 3 is 2.57 bits per heavy atom. The van der Waals surface area contributed by atoms with Crippen molar-refractivity contribution in [3.05, 3.63) is 11.8 Å². The summed E-state index contributed by atoms with van der Waals surface area (Å²) < 4.78 is 0. The molecule has 0 aliphatic heterocycles. The lowest BCUT2D eigenvalue weighted by atomic mass is 9.80. The van der Waals surface area contributed by atoms with Crippen molar-refractivity contribution in [1.29, 1.82) is 0 Å². The number of carbonyl (C=O) groups is 1. The van der Waals surface area contributed by atoms with E-state index in [-0.39, 0.29) is 11.8 Å². The van der Waals surface area contributed by atoms with Crippen LogP contribution in [-0.2, 0) is 4.79 Å². The zero-order chi connectivity index (χ0) is 10.8. The normalized spacial score (nSPS) is 20.5. The van der Waals surface area contributed by atoms with Crippen LogP contribution in [0.3, 0.4) is 0 Å². The predicted octanol–water partition coefficient (Wildman–Crippen LogP) is 2.85. The summed E-state index contributed by atoms with van der Waals surface area (Å²) in [6, 6.07) is 0. The Hall–Kier alpha value is -0.790. The molecular weight excluding hydrogens is 174 g/mol. The van der Waals surface area contributed by atoms with Crippen molar-refractivity contribution in [2.24, 2.45) is 11.3 Å². The van der Waals surface area contributed by atoms with E-state index in [0.717, 1.165) is 25.0 Å². The number of allylic oxidation sites excluding steroid dienone is 2. The van der Waals surface area contributed by atoms with Crippen LogP contribution in [0.15, 0.2) is 11.8 Å². The van der Waals surface area contributed by atoms with Crippen molar-refractivity contribution in [2.75, 3.05) is 0 Å². The minimum absolute atomic E-state index is 0.0748. The second-order valence-corrected chi connectivity index (χ2v) is 5.24. The Bertz CT molecular complexity index is 251. The third-order valence-corrected chi connectivity index (χ3v) is 2.78. The number of hydrogen-bond donors (Lipinski definition) is 1. The molecule has 0 heterocycles. The van der Waals surface area contributed by atoms with Crippen LogP contribution >= 0.6 is 0 Å². The van der Waals surface area contributed by atoms with Gasteiger partial charge in [-0.1, -0.05) is 33.8 Å². The van der Waals surface area contributed by atoms with Gasteiger partial charge < -0.3 is 5.32 Å². The molecule has 2 heteroatoms. The molecule has 0 spiro atoms. The molecule has 1 amide bonds. The van der Waals surface area contributed by atoms with Crippen LogP contribution in [0.1, 0.15) is 47.0 Å². The molecule has 0 unspecified atom stereocenters. The first-order valence-corrected chi connectivity index (χ1v) is 5.41. The van der Waals surface area contributed by atoms with Crippen molar-refractivity contribution in [3.8, 4) is 0 Å². The third kappa shape index (κ3) is 3.17. The van der Waals surface area contributed by atoms with E-state index in [4.69, 9.17) is 0 Å². The van der Waals surface area contributed by atoms with Gasteiger partial charge in [0.15, 0.2) is 0 Å². The standard InChI is InChI=1S/C12H21NO/c1-9(2)11(14)13-10-5-7-12(3,4)8-6-10/h5,9H,6-8H2,1-4H3,(H,13,14). The van der Waals surface area contributed by atoms with Crippen molar-refractivity contribution >= 4 is 5.91 Å². The lowest BCUT2D eigenvalue weighted by Crippen LogP contribution is -2.29. The third-order valence-electron chi connectivity index (χ3n) is 2.78. The van der Waals surface area contributed by atoms with Crippen LogP contribution < -0.4 is 5.32 Å². The Labute approximate surface area is 86.8 Å². The maximum Gasteiger partial charge on any atom is 0.226 e. The van der Waals surface area contributed by atoms with E-state index in [1.54, 1.807) is 0 Å². The summed E-state index contributed by atoms with van der Waals surface area (Å²) in [4.78, 5) is 11.4. The minimum Gasteiger partial charge on any atom is -0.330 e. The van der Waals surface area contributed by atoms with Crippen molar-refractivity contribution in [3.63, 3.8) is 0 Å². The van der Waals surface area contributed by atoms with Gasteiger partial charge in [0.2, 0.25) is 5.91 Å².